The second-order valence-electron chi connectivity index (χ2n) is 12.1. The van der Waals surface area contributed by atoms with Gasteiger partial charge in [-0.3, -0.25) is 0 Å². The smallest absolute Gasteiger partial charge is 0.0757 e. The molecule has 0 heterocycles. The average molecular weight is 419 g/mol. The minimum Gasteiger partial charge on any atom is -0.393 e. The molecule has 0 aliphatic heterocycles. The van der Waals surface area contributed by atoms with E-state index in [2.05, 4.69) is 33.8 Å². The SMILES string of the molecule is CCCCCC[C@](C)(O)C1CCC2C3C(CC[C@@]21C)[C@@]1(C)CC[C@H](O)CC1=C[C@@H]3O. The first-order valence-electron chi connectivity index (χ1n) is 12.9. The number of hydrogen-bond donors (Lipinski definition) is 3. The lowest BCUT2D eigenvalue weighted by molar-refractivity contribution is -0.126. The predicted octanol–water partition coefficient (Wildman–Crippen LogP) is 5.62. The highest BCUT2D eigenvalue weighted by atomic mass is 16.3. The Kier molecular flexibility index (Phi) is 6.23. The molecule has 3 N–H and O–H groups in total. The Bertz CT molecular complexity index is 654. The zero-order chi connectivity index (χ0) is 21.7. The van der Waals surface area contributed by atoms with E-state index in [1.165, 1.54) is 31.3 Å². The maximum absolute atomic E-state index is 11.5. The Hall–Kier alpha value is -0.380. The molecule has 3 saturated carbocycles. The summed E-state index contributed by atoms with van der Waals surface area (Å²) in [4.78, 5) is 0. The molecule has 0 amide bonds. The Morgan fingerprint density at radius 3 is 2.50 bits per heavy atom. The third-order valence-electron chi connectivity index (χ3n) is 10.4. The quantitative estimate of drug-likeness (QED) is 0.388. The van der Waals surface area contributed by atoms with E-state index in [4.69, 9.17) is 0 Å². The largest absolute Gasteiger partial charge is 0.393 e. The van der Waals surface area contributed by atoms with Gasteiger partial charge >= 0.3 is 0 Å². The van der Waals surface area contributed by atoms with Crippen LogP contribution in [0.5, 0.6) is 0 Å². The van der Waals surface area contributed by atoms with Crippen LogP contribution in [0.15, 0.2) is 11.6 Å². The van der Waals surface area contributed by atoms with Gasteiger partial charge < -0.3 is 15.3 Å². The Labute approximate surface area is 184 Å². The van der Waals surface area contributed by atoms with E-state index in [0.717, 1.165) is 51.4 Å². The summed E-state index contributed by atoms with van der Waals surface area (Å²) in [5.41, 5.74) is 0.997. The Morgan fingerprint density at radius 1 is 1.00 bits per heavy atom. The van der Waals surface area contributed by atoms with Crippen molar-refractivity contribution in [2.75, 3.05) is 0 Å². The Balaban J connectivity index is 1.56. The molecule has 30 heavy (non-hydrogen) atoms. The second-order valence-corrected chi connectivity index (χ2v) is 12.1. The van der Waals surface area contributed by atoms with Gasteiger partial charge in [-0.25, -0.2) is 0 Å². The van der Waals surface area contributed by atoms with Crippen molar-refractivity contribution in [3.05, 3.63) is 11.6 Å². The van der Waals surface area contributed by atoms with E-state index >= 15 is 0 Å². The first kappa shape index (κ1) is 22.8. The second kappa shape index (κ2) is 8.19. The van der Waals surface area contributed by atoms with E-state index in [9.17, 15) is 15.3 Å². The van der Waals surface area contributed by atoms with Gasteiger partial charge in [-0.2, -0.15) is 0 Å². The standard InChI is InChI=1S/C27H46O3/c1-5-6-7-8-13-27(4,30)23-10-9-20-24-21(12-15-26(20,23)3)25(2)14-11-19(28)16-18(25)17-22(24)29/h17,19-24,28-30H,5-16H2,1-4H3/t19-,20?,21?,22-,23?,24?,25-,26-,27-/m0/s1. The van der Waals surface area contributed by atoms with E-state index in [1.807, 2.05) is 0 Å². The van der Waals surface area contributed by atoms with Gasteiger partial charge in [0.25, 0.3) is 0 Å². The molecule has 0 radical (unpaired) electrons. The van der Waals surface area contributed by atoms with E-state index in [0.29, 0.717) is 23.7 Å². The lowest BCUT2D eigenvalue weighted by Crippen LogP contribution is -2.56. The molecule has 0 saturated heterocycles. The fraction of sp³-hybridized carbons (Fsp3) is 0.926. The first-order chi connectivity index (χ1) is 14.1. The van der Waals surface area contributed by atoms with Gasteiger partial charge in [0.1, 0.15) is 0 Å². The molecular weight excluding hydrogens is 372 g/mol. The lowest BCUT2D eigenvalue weighted by atomic mass is 9.46. The van der Waals surface area contributed by atoms with Crippen LogP contribution in [0.2, 0.25) is 0 Å². The van der Waals surface area contributed by atoms with Gasteiger partial charge in [0, 0.05) is 0 Å². The predicted molar refractivity (Wildman–Crippen MR) is 122 cm³/mol. The fourth-order valence-corrected chi connectivity index (χ4v) is 8.74. The van der Waals surface area contributed by atoms with Crippen LogP contribution in [0.4, 0.5) is 0 Å². The fourth-order valence-electron chi connectivity index (χ4n) is 8.74. The van der Waals surface area contributed by atoms with Crippen molar-refractivity contribution in [2.24, 2.45) is 34.5 Å². The maximum atomic E-state index is 11.5. The number of fused-ring (bicyclic) bond motifs is 5. The summed E-state index contributed by atoms with van der Waals surface area (Å²) < 4.78 is 0. The number of aliphatic hydroxyl groups excluding tert-OH is 2. The monoisotopic (exact) mass is 418 g/mol. The zero-order valence-corrected chi connectivity index (χ0v) is 19.9. The highest BCUT2D eigenvalue weighted by Gasteiger charge is 2.62. The lowest BCUT2D eigenvalue weighted by Gasteiger charge is -2.60. The molecule has 3 nitrogen and oxygen atoms in total. The molecular formula is C27H46O3. The molecule has 0 spiro atoms. The van der Waals surface area contributed by atoms with Crippen LogP contribution >= 0.6 is 0 Å². The summed E-state index contributed by atoms with van der Waals surface area (Å²) in [6, 6.07) is 0. The van der Waals surface area contributed by atoms with Gasteiger partial charge in [-0.15, -0.1) is 0 Å². The molecule has 4 rings (SSSR count). The van der Waals surface area contributed by atoms with Crippen molar-refractivity contribution < 1.29 is 15.3 Å². The molecule has 0 bridgehead atoms. The summed E-state index contributed by atoms with van der Waals surface area (Å²) in [6.07, 6.45) is 14.5. The summed E-state index contributed by atoms with van der Waals surface area (Å²) in [7, 11) is 0. The van der Waals surface area contributed by atoms with Gasteiger partial charge in [-0.1, -0.05) is 58.1 Å². The average Bonchev–Trinajstić information content (AvgIpc) is 3.05. The van der Waals surface area contributed by atoms with Crippen molar-refractivity contribution in [3.63, 3.8) is 0 Å². The van der Waals surface area contributed by atoms with Crippen molar-refractivity contribution in [3.8, 4) is 0 Å². The highest BCUT2D eigenvalue weighted by Crippen LogP contribution is 2.67. The van der Waals surface area contributed by atoms with Crippen molar-refractivity contribution in [1.29, 1.82) is 0 Å². The number of unbranched alkanes of at least 4 members (excludes halogenated alkanes) is 3. The summed E-state index contributed by atoms with van der Waals surface area (Å²) in [5.74, 6) is 1.68. The maximum Gasteiger partial charge on any atom is 0.0757 e. The molecule has 3 fully saturated rings. The summed E-state index contributed by atoms with van der Waals surface area (Å²) >= 11 is 0. The van der Waals surface area contributed by atoms with Crippen LogP contribution in [0.3, 0.4) is 0 Å². The topological polar surface area (TPSA) is 60.7 Å². The highest BCUT2D eigenvalue weighted by molar-refractivity contribution is 5.28. The molecule has 172 valence electrons. The van der Waals surface area contributed by atoms with E-state index in [-0.39, 0.29) is 23.0 Å². The number of hydrogen-bond acceptors (Lipinski definition) is 3. The van der Waals surface area contributed by atoms with Crippen molar-refractivity contribution >= 4 is 0 Å². The molecule has 0 aromatic carbocycles. The van der Waals surface area contributed by atoms with Crippen molar-refractivity contribution in [2.45, 2.75) is 123 Å². The normalized spacial score (nSPS) is 47.6. The van der Waals surface area contributed by atoms with Crippen LogP contribution in [0.1, 0.15) is 105 Å². The minimum absolute atomic E-state index is 0.131. The van der Waals surface area contributed by atoms with Gasteiger partial charge in [0.2, 0.25) is 0 Å². The molecule has 0 aromatic heterocycles. The van der Waals surface area contributed by atoms with Crippen LogP contribution in [0.25, 0.3) is 0 Å². The minimum atomic E-state index is -0.594. The van der Waals surface area contributed by atoms with Crippen LogP contribution in [-0.2, 0) is 0 Å². The van der Waals surface area contributed by atoms with Crippen LogP contribution < -0.4 is 0 Å². The number of rotatable bonds is 6. The number of aliphatic hydroxyl groups is 3. The molecule has 4 aliphatic carbocycles. The van der Waals surface area contributed by atoms with Gasteiger partial charge in [-0.05, 0) is 92.8 Å². The zero-order valence-electron chi connectivity index (χ0n) is 19.9. The Morgan fingerprint density at radius 2 is 1.77 bits per heavy atom. The molecule has 0 aromatic rings. The third-order valence-corrected chi connectivity index (χ3v) is 10.4. The summed E-state index contributed by atoms with van der Waals surface area (Å²) in [6.45, 7) is 9.18. The van der Waals surface area contributed by atoms with Gasteiger partial charge in [0.05, 0.1) is 17.8 Å². The first-order valence-corrected chi connectivity index (χ1v) is 12.9. The molecule has 3 heteroatoms. The van der Waals surface area contributed by atoms with Gasteiger partial charge in [0.15, 0.2) is 0 Å². The molecule has 9 atom stereocenters. The molecule has 4 aliphatic rings. The van der Waals surface area contributed by atoms with Crippen LogP contribution in [-0.4, -0.2) is 33.1 Å². The van der Waals surface area contributed by atoms with Crippen LogP contribution in [0, 0.1) is 34.5 Å². The van der Waals surface area contributed by atoms with E-state index in [1.54, 1.807) is 0 Å². The third kappa shape index (κ3) is 3.61. The summed E-state index contributed by atoms with van der Waals surface area (Å²) in [5, 5.41) is 33.0. The molecule has 4 unspecified atom stereocenters. The van der Waals surface area contributed by atoms with Crippen molar-refractivity contribution in [1.82, 2.24) is 0 Å². The van der Waals surface area contributed by atoms with E-state index < -0.39 is 5.60 Å².